The van der Waals surface area contributed by atoms with E-state index in [1.807, 2.05) is 0 Å². The second-order valence-electron chi connectivity index (χ2n) is 13.6. The molecule has 0 radical (unpaired) electrons. The van der Waals surface area contributed by atoms with E-state index in [-0.39, 0.29) is 0 Å². The molecule has 0 N–H and O–H groups in total. The number of unbranched alkanes of at least 4 members (excludes halogenated alkanes) is 3. The molecule has 0 saturated carbocycles. The van der Waals surface area contributed by atoms with Crippen molar-refractivity contribution >= 4 is 21.5 Å². The van der Waals surface area contributed by atoms with Crippen LogP contribution in [0.4, 0.5) is 0 Å². The Kier molecular flexibility index (Phi) is 8.60. The molecule has 1 atom stereocenters. The van der Waals surface area contributed by atoms with Gasteiger partial charge in [0.2, 0.25) is 0 Å². The Labute approximate surface area is 214 Å². The summed E-state index contributed by atoms with van der Waals surface area (Å²) in [7, 11) is -1.54. The van der Waals surface area contributed by atoms with Gasteiger partial charge in [0.05, 0.1) is 8.07 Å². The van der Waals surface area contributed by atoms with Crippen molar-refractivity contribution in [1.29, 1.82) is 0 Å². The maximum atomic E-state index is 2.92. The highest BCUT2D eigenvalue weighted by Crippen LogP contribution is 2.57. The standard InChI is InChI=1S/C31H54B2Si/c1-4-6-8-22-31(33-27-17-11-18-28(33)20-12-19-27)34(3)24-23-29(30(34)21-7-5-2)32-25-13-9-14-26(32)16-10-15-25/h22,25-28H,4-21,23-24H2,1-3H3/b31-22+. The fourth-order valence-corrected chi connectivity index (χ4v) is 15.4. The normalized spacial score (nSPS) is 36.4. The van der Waals surface area contributed by atoms with E-state index in [0.717, 1.165) is 36.7 Å². The van der Waals surface area contributed by atoms with Crippen molar-refractivity contribution in [2.75, 3.05) is 0 Å². The molecular weight excluding hydrogens is 422 g/mol. The first-order valence-corrected chi connectivity index (χ1v) is 18.8. The van der Waals surface area contributed by atoms with Gasteiger partial charge < -0.3 is 0 Å². The maximum absolute atomic E-state index is 2.92. The van der Waals surface area contributed by atoms with Crippen LogP contribution in [0, 0.1) is 0 Å². The fraction of sp³-hybridized carbons (Fsp3) is 0.871. The van der Waals surface area contributed by atoms with Crippen LogP contribution in [0.15, 0.2) is 21.8 Å². The minimum Gasteiger partial charge on any atom is -0.110 e. The minimum absolute atomic E-state index is 0.984. The molecule has 3 heteroatoms. The summed E-state index contributed by atoms with van der Waals surface area (Å²) in [6.07, 6.45) is 31.4. The van der Waals surface area contributed by atoms with E-state index in [9.17, 15) is 0 Å². The van der Waals surface area contributed by atoms with Crippen LogP contribution in [0.5, 0.6) is 0 Å². The lowest BCUT2D eigenvalue weighted by Crippen LogP contribution is -2.48. The molecule has 34 heavy (non-hydrogen) atoms. The molecule has 5 aliphatic heterocycles. The molecule has 5 aliphatic rings. The highest BCUT2D eigenvalue weighted by Gasteiger charge is 2.52. The summed E-state index contributed by atoms with van der Waals surface area (Å²) in [4.78, 5) is 0. The lowest BCUT2D eigenvalue weighted by molar-refractivity contribution is 0.445. The molecular formula is C31H54B2Si. The zero-order valence-corrected chi connectivity index (χ0v) is 24.2. The second-order valence-corrected chi connectivity index (χ2v) is 17.9. The number of rotatable bonds is 9. The van der Waals surface area contributed by atoms with E-state index in [2.05, 4.69) is 42.2 Å². The van der Waals surface area contributed by atoms with Gasteiger partial charge in [-0.05, 0) is 25.3 Å². The zero-order chi connectivity index (χ0) is 23.5. The van der Waals surface area contributed by atoms with Crippen molar-refractivity contribution in [2.45, 2.75) is 172 Å². The van der Waals surface area contributed by atoms with Crippen molar-refractivity contribution in [3.8, 4) is 0 Å². The van der Waals surface area contributed by atoms with Gasteiger partial charge in [-0.1, -0.05) is 158 Å². The van der Waals surface area contributed by atoms with Crippen molar-refractivity contribution < 1.29 is 0 Å². The maximum Gasteiger partial charge on any atom is 0.176 e. The van der Waals surface area contributed by atoms with Crippen LogP contribution in [-0.4, -0.2) is 21.5 Å². The van der Waals surface area contributed by atoms with Gasteiger partial charge in [-0.2, -0.15) is 0 Å². The van der Waals surface area contributed by atoms with E-state index in [0.29, 0.717) is 0 Å². The summed E-state index contributed by atoms with van der Waals surface area (Å²) in [5, 5.41) is 4.27. The average Bonchev–Trinajstić information content (AvgIpc) is 3.16. The van der Waals surface area contributed by atoms with Gasteiger partial charge in [-0.3, -0.25) is 0 Å². The summed E-state index contributed by atoms with van der Waals surface area (Å²) >= 11 is 0. The molecule has 0 aromatic heterocycles. The second kappa shape index (κ2) is 11.5. The summed E-state index contributed by atoms with van der Waals surface area (Å²) in [6.45, 7) is 9.73. The lowest BCUT2D eigenvalue weighted by Gasteiger charge is -2.46. The van der Waals surface area contributed by atoms with Crippen LogP contribution < -0.4 is 0 Å². The number of allylic oxidation sites excluding steroid dienone is 3. The van der Waals surface area contributed by atoms with Crippen LogP contribution in [0.2, 0.25) is 35.9 Å². The predicted octanol–water partition coefficient (Wildman–Crippen LogP) is 10.4. The van der Waals surface area contributed by atoms with Gasteiger partial charge in [0.25, 0.3) is 0 Å². The highest BCUT2D eigenvalue weighted by atomic mass is 28.3. The summed E-state index contributed by atoms with van der Waals surface area (Å²) in [5.41, 5.74) is 2.10. The van der Waals surface area contributed by atoms with E-state index < -0.39 is 8.07 Å². The zero-order valence-electron chi connectivity index (χ0n) is 23.2. The van der Waals surface area contributed by atoms with Gasteiger partial charge in [-0.25, -0.2) is 0 Å². The third kappa shape index (κ3) is 4.87. The Morgan fingerprint density at radius 2 is 1.32 bits per heavy atom. The van der Waals surface area contributed by atoms with Crippen molar-refractivity contribution in [1.82, 2.24) is 0 Å². The van der Waals surface area contributed by atoms with Crippen LogP contribution >= 0.6 is 0 Å². The molecule has 0 nitrogen and oxygen atoms in total. The lowest BCUT2D eigenvalue weighted by atomic mass is 9.24. The monoisotopic (exact) mass is 476 g/mol. The third-order valence-corrected chi connectivity index (χ3v) is 16.6. The summed E-state index contributed by atoms with van der Waals surface area (Å²) < 4.78 is 0. The number of fused-ring (bicyclic) bond motifs is 4. The molecule has 1 unspecified atom stereocenters. The summed E-state index contributed by atoms with van der Waals surface area (Å²) in [6, 6.07) is 1.59. The molecule has 0 spiro atoms. The smallest absolute Gasteiger partial charge is 0.110 e. The average molecular weight is 476 g/mol. The number of hydrogen-bond acceptors (Lipinski definition) is 0. The van der Waals surface area contributed by atoms with E-state index >= 15 is 0 Å². The molecule has 4 fully saturated rings. The number of hydrogen-bond donors (Lipinski definition) is 0. The van der Waals surface area contributed by atoms with Crippen LogP contribution in [-0.2, 0) is 0 Å². The molecule has 188 valence electrons. The highest BCUT2D eigenvalue weighted by molar-refractivity contribution is 7.05. The minimum atomic E-state index is -1.54. The van der Waals surface area contributed by atoms with Gasteiger partial charge >= 0.3 is 0 Å². The Hall–Kier alpha value is -0.173. The van der Waals surface area contributed by atoms with Crippen LogP contribution in [0.25, 0.3) is 0 Å². The molecule has 5 rings (SSSR count). The van der Waals surface area contributed by atoms with Crippen LogP contribution in [0.3, 0.4) is 0 Å². The third-order valence-electron chi connectivity index (χ3n) is 11.7. The van der Waals surface area contributed by atoms with E-state index in [4.69, 9.17) is 0 Å². The van der Waals surface area contributed by atoms with Crippen molar-refractivity contribution in [3.05, 3.63) is 21.8 Å². The van der Waals surface area contributed by atoms with Crippen molar-refractivity contribution in [2.24, 2.45) is 0 Å². The Balaban J connectivity index is 1.54. The van der Waals surface area contributed by atoms with Gasteiger partial charge in [0, 0.05) is 0 Å². The van der Waals surface area contributed by atoms with Crippen molar-refractivity contribution in [3.63, 3.8) is 0 Å². The molecule has 0 aliphatic carbocycles. The first-order chi connectivity index (χ1) is 16.7. The van der Waals surface area contributed by atoms with Gasteiger partial charge in [0.15, 0.2) is 13.4 Å². The fourth-order valence-electron chi connectivity index (χ4n) is 10.1. The van der Waals surface area contributed by atoms with E-state index in [1.54, 1.807) is 57.4 Å². The molecule has 0 amide bonds. The first-order valence-electron chi connectivity index (χ1n) is 16.1. The Morgan fingerprint density at radius 1 is 0.794 bits per heavy atom. The van der Waals surface area contributed by atoms with Gasteiger partial charge in [-0.15, -0.1) is 10.6 Å². The largest absolute Gasteiger partial charge is 0.176 e. The molecule has 0 aromatic rings. The predicted molar refractivity (Wildman–Crippen MR) is 157 cm³/mol. The molecule has 5 heterocycles. The quantitative estimate of drug-likeness (QED) is 0.229. The topological polar surface area (TPSA) is 0 Å². The molecule has 4 saturated heterocycles. The van der Waals surface area contributed by atoms with Gasteiger partial charge in [0.1, 0.15) is 0 Å². The van der Waals surface area contributed by atoms with Crippen LogP contribution in [0.1, 0.15) is 136 Å². The summed E-state index contributed by atoms with van der Waals surface area (Å²) in [5.74, 6) is 4.18. The SMILES string of the molecule is CCCC/C=C(\B1C2CCCC1CCC2)[Si]1(C)CCC(B2C3CCCC2CCC3)=C1CCCC. The van der Waals surface area contributed by atoms with E-state index in [1.165, 1.54) is 70.6 Å². The Bertz CT molecular complexity index is 713. The first kappa shape index (κ1) is 25.5. The molecule has 4 bridgehead atoms. The molecule has 0 aromatic carbocycles. The Morgan fingerprint density at radius 3 is 1.85 bits per heavy atom.